The van der Waals surface area contributed by atoms with Gasteiger partial charge in [-0.05, 0) is 35.9 Å². The number of carbonyl (C=O) groups is 1. The van der Waals surface area contributed by atoms with E-state index in [1.54, 1.807) is 29.2 Å². The minimum Gasteiger partial charge on any atom is -0.442 e. The summed E-state index contributed by atoms with van der Waals surface area (Å²) in [5.74, 6) is -0.380. The van der Waals surface area contributed by atoms with Crippen LogP contribution in [0.5, 0.6) is 0 Å². The van der Waals surface area contributed by atoms with Crippen LogP contribution >= 0.6 is 0 Å². The van der Waals surface area contributed by atoms with Gasteiger partial charge in [0.2, 0.25) is 0 Å². The van der Waals surface area contributed by atoms with Crippen LogP contribution in [0.2, 0.25) is 0 Å². The van der Waals surface area contributed by atoms with Crippen LogP contribution in [0.1, 0.15) is 12.5 Å². The Kier molecular flexibility index (Phi) is 5.53. The van der Waals surface area contributed by atoms with Crippen molar-refractivity contribution < 1.29 is 13.9 Å². The van der Waals surface area contributed by atoms with E-state index < -0.39 is 6.09 Å². The van der Waals surface area contributed by atoms with E-state index in [2.05, 4.69) is 22.6 Å². The van der Waals surface area contributed by atoms with Crippen LogP contribution in [0.3, 0.4) is 0 Å². The number of ether oxygens (including phenoxy) is 1. The first-order valence-electron chi connectivity index (χ1n) is 9.56. The molecule has 0 aliphatic carbocycles. The highest BCUT2D eigenvalue weighted by molar-refractivity contribution is 5.90. The normalized spacial score (nSPS) is 16.3. The Bertz CT molecular complexity index is 975. The SMILES string of the molecule is CCNCc1ccc(-c2ccc(N3C[C@H](Cn4ccnn4)OC3=O)cc2F)cc1. The molecule has 2 heterocycles. The second-order valence-corrected chi connectivity index (χ2v) is 6.88. The van der Waals surface area contributed by atoms with Gasteiger partial charge in [-0.1, -0.05) is 36.4 Å². The zero-order valence-corrected chi connectivity index (χ0v) is 16.1. The molecule has 1 atom stereocenters. The molecule has 0 bridgehead atoms. The summed E-state index contributed by atoms with van der Waals surface area (Å²) in [6.45, 7) is 4.47. The fourth-order valence-electron chi connectivity index (χ4n) is 3.34. The van der Waals surface area contributed by atoms with Crippen molar-refractivity contribution in [1.82, 2.24) is 20.3 Å². The standard InChI is InChI=1S/C21H22FN5O2/c1-2-23-12-15-3-5-16(6-4-15)19-8-7-17(11-20(19)22)27-14-18(29-21(27)28)13-26-10-9-24-25-26/h3-11,18,23H,2,12-14H2,1H3/t18-/m0/s1. The zero-order chi connectivity index (χ0) is 20.2. The third-order valence-corrected chi connectivity index (χ3v) is 4.85. The van der Waals surface area contributed by atoms with Crippen LogP contribution in [0.4, 0.5) is 14.9 Å². The minimum atomic E-state index is -0.491. The molecule has 1 fully saturated rings. The van der Waals surface area contributed by atoms with Crippen LogP contribution in [0.25, 0.3) is 11.1 Å². The van der Waals surface area contributed by atoms with Crippen LogP contribution in [-0.4, -0.2) is 40.3 Å². The molecular weight excluding hydrogens is 373 g/mol. The maximum Gasteiger partial charge on any atom is 0.414 e. The van der Waals surface area contributed by atoms with E-state index in [1.165, 1.54) is 11.0 Å². The first-order valence-corrected chi connectivity index (χ1v) is 9.56. The van der Waals surface area contributed by atoms with Gasteiger partial charge in [-0.3, -0.25) is 4.90 Å². The van der Waals surface area contributed by atoms with Gasteiger partial charge in [0.05, 0.1) is 25.0 Å². The molecule has 0 radical (unpaired) electrons. The number of anilines is 1. The van der Waals surface area contributed by atoms with E-state index >= 15 is 0 Å². The topological polar surface area (TPSA) is 72.3 Å². The number of cyclic esters (lactones) is 1. The van der Waals surface area contributed by atoms with Gasteiger partial charge in [-0.2, -0.15) is 0 Å². The Balaban J connectivity index is 1.47. The van der Waals surface area contributed by atoms with Crippen molar-refractivity contribution in [3.63, 3.8) is 0 Å². The second kappa shape index (κ2) is 8.40. The Morgan fingerprint density at radius 2 is 2.07 bits per heavy atom. The lowest BCUT2D eigenvalue weighted by Crippen LogP contribution is -2.26. The number of hydrogen-bond acceptors (Lipinski definition) is 5. The maximum atomic E-state index is 14.8. The highest BCUT2D eigenvalue weighted by Crippen LogP contribution is 2.29. The molecule has 29 heavy (non-hydrogen) atoms. The van der Waals surface area contributed by atoms with Gasteiger partial charge < -0.3 is 10.1 Å². The number of aromatic nitrogens is 3. The molecule has 0 spiro atoms. The van der Waals surface area contributed by atoms with E-state index in [0.29, 0.717) is 24.3 Å². The van der Waals surface area contributed by atoms with Gasteiger partial charge in [-0.25, -0.2) is 13.9 Å². The van der Waals surface area contributed by atoms with E-state index in [1.807, 2.05) is 24.3 Å². The largest absolute Gasteiger partial charge is 0.442 e. The van der Waals surface area contributed by atoms with Crippen molar-refractivity contribution in [2.45, 2.75) is 26.1 Å². The quantitative estimate of drug-likeness (QED) is 0.665. The monoisotopic (exact) mass is 395 g/mol. The Labute approximate surface area is 168 Å². The van der Waals surface area contributed by atoms with Gasteiger partial charge in [0.1, 0.15) is 11.9 Å². The number of halogens is 1. The molecule has 1 aliphatic heterocycles. The summed E-state index contributed by atoms with van der Waals surface area (Å²) in [7, 11) is 0. The lowest BCUT2D eigenvalue weighted by molar-refractivity contribution is 0.129. The van der Waals surface area contributed by atoms with Gasteiger partial charge >= 0.3 is 6.09 Å². The Morgan fingerprint density at radius 1 is 1.24 bits per heavy atom. The van der Waals surface area contributed by atoms with Gasteiger partial charge in [0, 0.05) is 18.3 Å². The lowest BCUT2D eigenvalue weighted by Gasteiger charge is -2.14. The zero-order valence-electron chi connectivity index (χ0n) is 16.1. The third-order valence-electron chi connectivity index (χ3n) is 4.85. The average molecular weight is 395 g/mol. The second-order valence-electron chi connectivity index (χ2n) is 6.88. The van der Waals surface area contributed by atoms with Crippen molar-refractivity contribution in [2.24, 2.45) is 0 Å². The first kappa shape index (κ1) is 19.1. The number of amides is 1. The van der Waals surface area contributed by atoms with E-state index in [9.17, 15) is 9.18 Å². The molecule has 1 aliphatic rings. The van der Waals surface area contributed by atoms with Crippen LogP contribution in [-0.2, 0) is 17.8 Å². The highest BCUT2D eigenvalue weighted by atomic mass is 19.1. The molecule has 1 saturated heterocycles. The summed E-state index contributed by atoms with van der Waals surface area (Å²) in [5, 5.41) is 10.9. The first-order chi connectivity index (χ1) is 14.1. The summed E-state index contributed by atoms with van der Waals surface area (Å²) in [6, 6.07) is 12.6. The maximum absolute atomic E-state index is 14.8. The van der Waals surface area contributed by atoms with Gasteiger partial charge in [-0.15, -0.1) is 5.10 Å². The lowest BCUT2D eigenvalue weighted by atomic mass is 10.0. The minimum absolute atomic E-state index is 0.330. The van der Waals surface area contributed by atoms with Gasteiger partial charge in [0.25, 0.3) is 0 Å². The predicted molar refractivity (Wildman–Crippen MR) is 107 cm³/mol. The molecule has 4 rings (SSSR count). The molecule has 1 aromatic heterocycles. The molecule has 0 saturated carbocycles. The molecule has 1 N–H and O–H groups in total. The highest BCUT2D eigenvalue weighted by Gasteiger charge is 2.33. The number of benzene rings is 2. The molecule has 3 aromatic rings. The van der Waals surface area contributed by atoms with Gasteiger partial charge in [0.15, 0.2) is 0 Å². The van der Waals surface area contributed by atoms with Crippen molar-refractivity contribution in [3.8, 4) is 11.1 Å². The Hall–Kier alpha value is -3.26. The molecule has 1 amide bonds. The van der Waals surface area contributed by atoms with Crippen LogP contribution in [0.15, 0.2) is 54.9 Å². The van der Waals surface area contributed by atoms with Crippen molar-refractivity contribution in [1.29, 1.82) is 0 Å². The number of carbonyl (C=O) groups excluding carboxylic acids is 1. The number of hydrogen-bond donors (Lipinski definition) is 1. The Morgan fingerprint density at radius 3 is 2.76 bits per heavy atom. The number of rotatable bonds is 7. The van der Waals surface area contributed by atoms with Crippen LogP contribution in [0, 0.1) is 5.82 Å². The predicted octanol–water partition coefficient (Wildman–Crippen LogP) is 3.22. The molecular formula is C21H22FN5O2. The number of nitrogens with zero attached hydrogens (tertiary/aromatic N) is 4. The third kappa shape index (κ3) is 4.27. The van der Waals surface area contributed by atoms with E-state index in [0.717, 1.165) is 24.2 Å². The fraction of sp³-hybridized carbons (Fsp3) is 0.286. The molecule has 7 nitrogen and oxygen atoms in total. The average Bonchev–Trinajstić information content (AvgIpc) is 3.36. The van der Waals surface area contributed by atoms with Crippen molar-refractivity contribution in [2.75, 3.05) is 18.0 Å². The summed E-state index contributed by atoms with van der Waals surface area (Å²) in [5.41, 5.74) is 2.91. The summed E-state index contributed by atoms with van der Waals surface area (Å²) < 4.78 is 21.8. The van der Waals surface area contributed by atoms with E-state index in [4.69, 9.17) is 4.74 Å². The van der Waals surface area contributed by atoms with Crippen molar-refractivity contribution >= 4 is 11.8 Å². The van der Waals surface area contributed by atoms with Crippen molar-refractivity contribution in [3.05, 3.63) is 66.2 Å². The molecule has 0 unspecified atom stereocenters. The summed E-state index contributed by atoms with van der Waals surface area (Å²) >= 11 is 0. The molecule has 150 valence electrons. The summed E-state index contributed by atoms with van der Waals surface area (Å²) in [4.78, 5) is 13.7. The fourth-order valence-corrected chi connectivity index (χ4v) is 3.34. The number of nitrogens with one attached hydrogen (secondary N) is 1. The van der Waals surface area contributed by atoms with Crippen LogP contribution < -0.4 is 10.2 Å². The van der Waals surface area contributed by atoms with E-state index in [-0.39, 0.29) is 11.9 Å². The molecule has 8 heteroatoms. The smallest absolute Gasteiger partial charge is 0.414 e. The molecule has 2 aromatic carbocycles. The summed E-state index contributed by atoms with van der Waals surface area (Å²) in [6.07, 6.45) is 2.41.